The molecule has 6 nitrogen and oxygen atoms in total. The zero-order valence-corrected chi connectivity index (χ0v) is 14.1. The number of imidazole rings is 1. The zero-order chi connectivity index (χ0) is 16.3. The summed E-state index contributed by atoms with van der Waals surface area (Å²) in [5.74, 6) is 1.36. The molecule has 1 N–H and O–H groups in total. The summed E-state index contributed by atoms with van der Waals surface area (Å²) in [5, 5.41) is 9.04. The molecule has 0 aliphatic carbocycles. The van der Waals surface area contributed by atoms with Crippen LogP contribution in [0.1, 0.15) is 37.9 Å². The first-order valence-electron chi connectivity index (χ1n) is 8.69. The molecule has 0 unspecified atom stereocenters. The Hall–Kier alpha value is -1.40. The molecule has 2 fully saturated rings. The molecule has 0 saturated carbocycles. The Morgan fingerprint density at radius 1 is 1.35 bits per heavy atom. The molecule has 1 spiro atoms. The van der Waals surface area contributed by atoms with Crippen LogP contribution < -0.4 is 0 Å². The largest absolute Gasteiger partial charge is 0.396 e. The average Bonchev–Trinajstić information content (AvgIpc) is 2.94. The monoisotopic (exact) mass is 320 g/mol. The van der Waals surface area contributed by atoms with E-state index in [1.54, 1.807) is 0 Å². The highest BCUT2D eigenvalue weighted by atomic mass is 16.3. The van der Waals surface area contributed by atoms with Crippen LogP contribution in [0.2, 0.25) is 0 Å². The lowest BCUT2D eigenvalue weighted by molar-refractivity contribution is -0.139. The minimum absolute atomic E-state index is 0.155. The molecule has 2 saturated heterocycles. The molecule has 23 heavy (non-hydrogen) atoms. The number of hydrogen-bond donors (Lipinski definition) is 1. The van der Waals surface area contributed by atoms with Gasteiger partial charge in [-0.15, -0.1) is 0 Å². The standard InChI is InChI=1S/C17H28N4O2/c1-19-10-7-18-15(19)12-20-8-2-5-17(13-20)6-4-16(23)21(14-17)9-3-11-22/h7,10,22H,2-6,8-9,11-14H2,1H3/t17-/m0/s1. The van der Waals surface area contributed by atoms with Gasteiger partial charge in [-0.2, -0.15) is 0 Å². The maximum Gasteiger partial charge on any atom is 0.222 e. The number of aliphatic hydroxyl groups excluding tert-OH is 1. The van der Waals surface area contributed by atoms with Crippen molar-refractivity contribution in [3.8, 4) is 0 Å². The first-order chi connectivity index (χ1) is 11.1. The van der Waals surface area contributed by atoms with Crippen molar-refractivity contribution >= 4 is 5.91 Å². The van der Waals surface area contributed by atoms with Crippen LogP contribution in [0.5, 0.6) is 0 Å². The second-order valence-electron chi connectivity index (χ2n) is 7.16. The third kappa shape index (κ3) is 3.75. The van der Waals surface area contributed by atoms with E-state index in [4.69, 9.17) is 5.11 Å². The van der Waals surface area contributed by atoms with Crippen molar-refractivity contribution in [3.05, 3.63) is 18.2 Å². The van der Waals surface area contributed by atoms with Crippen molar-refractivity contribution in [2.45, 2.75) is 38.6 Å². The van der Waals surface area contributed by atoms with Gasteiger partial charge in [-0.1, -0.05) is 0 Å². The van der Waals surface area contributed by atoms with Gasteiger partial charge in [0.1, 0.15) is 5.82 Å². The highest BCUT2D eigenvalue weighted by Gasteiger charge is 2.41. The lowest BCUT2D eigenvalue weighted by atomic mass is 9.73. The molecule has 6 heteroatoms. The Labute approximate surface area is 138 Å². The average molecular weight is 320 g/mol. The topological polar surface area (TPSA) is 61.6 Å². The maximum atomic E-state index is 12.1. The third-order valence-electron chi connectivity index (χ3n) is 5.36. The number of aliphatic hydroxyl groups is 1. The predicted octanol–water partition coefficient (Wildman–Crippen LogP) is 1.01. The van der Waals surface area contributed by atoms with E-state index in [0.717, 1.165) is 38.4 Å². The summed E-state index contributed by atoms with van der Waals surface area (Å²) < 4.78 is 2.08. The van der Waals surface area contributed by atoms with Gasteiger partial charge in [-0.05, 0) is 32.2 Å². The molecule has 128 valence electrons. The van der Waals surface area contributed by atoms with Gasteiger partial charge in [-0.3, -0.25) is 9.69 Å². The van der Waals surface area contributed by atoms with E-state index in [9.17, 15) is 4.79 Å². The fourth-order valence-corrected chi connectivity index (χ4v) is 4.09. The number of aryl methyl sites for hydroxylation is 1. The number of piperidine rings is 2. The Kier molecular flexibility index (Phi) is 5.02. The van der Waals surface area contributed by atoms with Crippen LogP contribution in [-0.2, 0) is 18.4 Å². The maximum absolute atomic E-state index is 12.1. The Morgan fingerprint density at radius 2 is 2.22 bits per heavy atom. The lowest BCUT2D eigenvalue weighted by Crippen LogP contribution is -2.54. The van der Waals surface area contributed by atoms with E-state index < -0.39 is 0 Å². The molecule has 3 heterocycles. The Morgan fingerprint density at radius 3 is 2.96 bits per heavy atom. The molecule has 0 bridgehead atoms. The summed E-state index contributed by atoms with van der Waals surface area (Å²) in [5.41, 5.74) is 0.229. The molecule has 1 aromatic rings. The van der Waals surface area contributed by atoms with E-state index in [2.05, 4.69) is 14.5 Å². The van der Waals surface area contributed by atoms with Gasteiger partial charge in [0.05, 0.1) is 6.54 Å². The van der Waals surface area contributed by atoms with Crippen molar-refractivity contribution in [2.24, 2.45) is 12.5 Å². The summed E-state index contributed by atoms with van der Waals surface area (Å²) in [6, 6.07) is 0. The van der Waals surface area contributed by atoms with Crippen LogP contribution in [-0.4, -0.2) is 63.2 Å². The fraction of sp³-hybridized carbons (Fsp3) is 0.765. The number of amides is 1. The first kappa shape index (κ1) is 16.5. The van der Waals surface area contributed by atoms with Crippen molar-refractivity contribution < 1.29 is 9.90 Å². The van der Waals surface area contributed by atoms with Gasteiger partial charge in [-0.25, -0.2) is 4.98 Å². The van der Waals surface area contributed by atoms with E-state index in [1.165, 1.54) is 12.8 Å². The zero-order valence-electron chi connectivity index (χ0n) is 14.1. The van der Waals surface area contributed by atoms with E-state index >= 15 is 0 Å². The van der Waals surface area contributed by atoms with Crippen LogP contribution in [0.4, 0.5) is 0 Å². The van der Waals surface area contributed by atoms with Gasteiger partial charge in [0.2, 0.25) is 5.91 Å². The lowest BCUT2D eigenvalue weighted by Gasteiger charge is -2.48. The molecule has 1 aromatic heterocycles. The van der Waals surface area contributed by atoms with Gasteiger partial charge in [0.15, 0.2) is 0 Å². The third-order valence-corrected chi connectivity index (χ3v) is 5.36. The van der Waals surface area contributed by atoms with Gasteiger partial charge in [0, 0.05) is 57.5 Å². The summed E-state index contributed by atoms with van der Waals surface area (Å²) in [7, 11) is 2.04. The number of nitrogens with zero attached hydrogens (tertiary/aromatic N) is 4. The highest BCUT2D eigenvalue weighted by molar-refractivity contribution is 5.77. The molecule has 1 atom stereocenters. The molecule has 0 aromatic carbocycles. The van der Waals surface area contributed by atoms with Crippen molar-refractivity contribution in [3.63, 3.8) is 0 Å². The molecular weight excluding hydrogens is 292 g/mol. The smallest absolute Gasteiger partial charge is 0.222 e. The van der Waals surface area contributed by atoms with Gasteiger partial charge in [0.25, 0.3) is 0 Å². The van der Waals surface area contributed by atoms with Gasteiger partial charge >= 0.3 is 0 Å². The SMILES string of the molecule is Cn1ccnc1CN1CCC[C@]2(CCC(=O)N(CCCO)C2)C1. The predicted molar refractivity (Wildman–Crippen MR) is 87.7 cm³/mol. The molecule has 3 rings (SSSR count). The Balaban J connectivity index is 1.64. The van der Waals surface area contributed by atoms with Gasteiger partial charge < -0.3 is 14.6 Å². The Bertz CT molecular complexity index is 544. The molecule has 0 radical (unpaired) electrons. The molecular formula is C17H28N4O2. The number of carbonyl (C=O) groups excluding carboxylic acids is 1. The molecule has 1 amide bonds. The van der Waals surface area contributed by atoms with E-state index in [1.807, 2.05) is 24.3 Å². The second-order valence-corrected chi connectivity index (χ2v) is 7.16. The fourth-order valence-electron chi connectivity index (χ4n) is 4.09. The second kappa shape index (κ2) is 7.01. The van der Waals surface area contributed by atoms with Crippen molar-refractivity contribution in [2.75, 3.05) is 32.8 Å². The van der Waals surface area contributed by atoms with Crippen LogP contribution in [0, 0.1) is 5.41 Å². The first-order valence-corrected chi connectivity index (χ1v) is 8.69. The van der Waals surface area contributed by atoms with Crippen molar-refractivity contribution in [1.29, 1.82) is 0 Å². The summed E-state index contributed by atoms with van der Waals surface area (Å²) in [6.45, 7) is 4.74. The van der Waals surface area contributed by atoms with E-state index in [0.29, 0.717) is 19.4 Å². The van der Waals surface area contributed by atoms with Crippen molar-refractivity contribution in [1.82, 2.24) is 19.4 Å². The minimum Gasteiger partial charge on any atom is -0.396 e. The number of rotatable bonds is 5. The quantitative estimate of drug-likeness (QED) is 0.879. The van der Waals surface area contributed by atoms with Crippen LogP contribution >= 0.6 is 0 Å². The number of carbonyl (C=O) groups is 1. The molecule has 2 aliphatic rings. The summed E-state index contributed by atoms with van der Waals surface area (Å²) in [6.07, 6.45) is 8.56. The number of likely N-dealkylation sites (tertiary alicyclic amines) is 2. The highest BCUT2D eigenvalue weighted by Crippen LogP contribution is 2.39. The summed E-state index contributed by atoms with van der Waals surface area (Å²) in [4.78, 5) is 21.0. The number of aromatic nitrogens is 2. The van der Waals surface area contributed by atoms with Crippen LogP contribution in [0.3, 0.4) is 0 Å². The number of hydrogen-bond acceptors (Lipinski definition) is 4. The minimum atomic E-state index is 0.155. The van der Waals surface area contributed by atoms with E-state index in [-0.39, 0.29) is 17.9 Å². The normalized spacial score (nSPS) is 26.2. The summed E-state index contributed by atoms with van der Waals surface area (Å²) >= 11 is 0. The van der Waals surface area contributed by atoms with Crippen LogP contribution in [0.15, 0.2) is 12.4 Å². The van der Waals surface area contributed by atoms with Crippen LogP contribution in [0.25, 0.3) is 0 Å². The molecule has 2 aliphatic heterocycles.